The van der Waals surface area contributed by atoms with Gasteiger partial charge in [-0.1, -0.05) is 30.3 Å². The highest BCUT2D eigenvalue weighted by Gasteiger charge is 2.12. The van der Waals surface area contributed by atoms with Gasteiger partial charge >= 0.3 is 0 Å². The highest BCUT2D eigenvalue weighted by Crippen LogP contribution is 2.05. The lowest BCUT2D eigenvalue weighted by Gasteiger charge is -2.20. The van der Waals surface area contributed by atoms with Crippen LogP contribution in [0.3, 0.4) is 0 Å². The van der Waals surface area contributed by atoms with Gasteiger partial charge in [-0.2, -0.15) is 5.10 Å². The van der Waals surface area contributed by atoms with E-state index in [0.29, 0.717) is 17.4 Å². The Hall–Kier alpha value is -2.57. The molecule has 3 rings (SSSR count). The molecule has 2 heterocycles. The summed E-state index contributed by atoms with van der Waals surface area (Å²) in [4.78, 5) is 18.5. The Kier molecular flexibility index (Phi) is 4.98. The molecule has 0 amide bonds. The number of hydrogen-bond acceptors (Lipinski definition) is 5. The van der Waals surface area contributed by atoms with Crippen LogP contribution in [0.25, 0.3) is 10.9 Å². The number of benzene rings is 1. The van der Waals surface area contributed by atoms with Crippen molar-refractivity contribution in [1.82, 2.24) is 19.7 Å². The summed E-state index contributed by atoms with van der Waals surface area (Å²) < 4.78 is 1.30. The minimum absolute atomic E-state index is 0.156. The molecule has 0 fully saturated rings. The molecule has 1 N–H and O–H groups in total. The van der Waals surface area contributed by atoms with Gasteiger partial charge in [0.2, 0.25) is 0 Å². The first kappa shape index (κ1) is 16.3. The van der Waals surface area contributed by atoms with Gasteiger partial charge in [0, 0.05) is 19.3 Å². The molecular weight excluding hydrogens is 304 g/mol. The van der Waals surface area contributed by atoms with Gasteiger partial charge in [0.15, 0.2) is 0 Å². The van der Waals surface area contributed by atoms with Crippen LogP contribution in [0.1, 0.15) is 5.56 Å². The number of rotatable bonds is 6. The van der Waals surface area contributed by atoms with Gasteiger partial charge in [-0.3, -0.25) is 14.7 Å². The molecule has 124 valence electrons. The summed E-state index contributed by atoms with van der Waals surface area (Å²) in [5.74, 6) is 0. The molecule has 2 aromatic heterocycles. The predicted molar refractivity (Wildman–Crippen MR) is 92.6 cm³/mol. The van der Waals surface area contributed by atoms with E-state index in [1.807, 2.05) is 42.3 Å². The lowest BCUT2D eigenvalue weighted by molar-refractivity contribution is 0.102. The van der Waals surface area contributed by atoms with Crippen molar-refractivity contribution in [2.75, 3.05) is 13.6 Å². The molecule has 0 spiro atoms. The van der Waals surface area contributed by atoms with Crippen LogP contribution >= 0.6 is 0 Å². The average molecular weight is 324 g/mol. The minimum atomic E-state index is -0.682. The first-order valence-electron chi connectivity index (χ1n) is 7.85. The van der Waals surface area contributed by atoms with E-state index in [2.05, 4.69) is 10.1 Å². The second-order valence-electron chi connectivity index (χ2n) is 5.90. The van der Waals surface area contributed by atoms with E-state index < -0.39 is 6.10 Å². The molecule has 24 heavy (non-hydrogen) atoms. The number of hydrogen-bond donors (Lipinski definition) is 1. The number of aliphatic hydroxyl groups excluding tert-OH is 1. The van der Waals surface area contributed by atoms with E-state index in [4.69, 9.17) is 0 Å². The van der Waals surface area contributed by atoms with Gasteiger partial charge in [0.1, 0.15) is 0 Å². The normalized spacial score (nSPS) is 12.6. The lowest BCUT2D eigenvalue weighted by Crippen LogP contribution is -2.35. The molecule has 1 atom stereocenters. The molecule has 1 aromatic carbocycles. The van der Waals surface area contributed by atoms with Gasteiger partial charge < -0.3 is 5.11 Å². The van der Waals surface area contributed by atoms with Crippen LogP contribution in [0.5, 0.6) is 0 Å². The fraction of sp³-hybridized carbons (Fsp3) is 0.278. The maximum absolute atomic E-state index is 12.4. The number of aliphatic hydroxyl groups is 1. The molecule has 3 aromatic rings. The summed E-state index contributed by atoms with van der Waals surface area (Å²) in [5, 5.41) is 14.9. The van der Waals surface area contributed by atoms with Crippen molar-refractivity contribution < 1.29 is 5.11 Å². The Morgan fingerprint density at radius 1 is 1.21 bits per heavy atom. The monoisotopic (exact) mass is 324 g/mol. The lowest BCUT2D eigenvalue weighted by atomic mass is 10.2. The topological polar surface area (TPSA) is 71.2 Å². The molecule has 0 radical (unpaired) electrons. The third kappa shape index (κ3) is 3.84. The smallest absolute Gasteiger partial charge is 0.276 e. The van der Waals surface area contributed by atoms with E-state index in [9.17, 15) is 9.90 Å². The first-order chi connectivity index (χ1) is 11.6. The first-order valence-corrected chi connectivity index (χ1v) is 7.85. The molecular formula is C18H20N4O2. The summed E-state index contributed by atoms with van der Waals surface area (Å²) in [6, 6.07) is 13.5. The summed E-state index contributed by atoms with van der Waals surface area (Å²) in [5.41, 5.74) is 1.51. The Morgan fingerprint density at radius 2 is 2.00 bits per heavy atom. The third-order valence-corrected chi connectivity index (χ3v) is 3.82. The Morgan fingerprint density at radius 3 is 2.79 bits per heavy atom. The molecule has 0 aliphatic rings. The van der Waals surface area contributed by atoms with Crippen LogP contribution < -0.4 is 5.56 Å². The molecule has 0 bridgehead atoms. The maximum atomic E-state index is 12.4. The van der Waals surface area contributed by atoms with Crippen molar-refractivity contribution in [1.29, 1.82) is 0 Å². The molecule has 0 saturated heterocycles. The van der Waals surface area contributed by atoms with Crippen LogP contribution in [0.4, 0.5) is 0 Å². The van der Waals surface area contributed by atoms with Crippen molar-refractivity contribution in [3.63, 3.8) is 0 Å². The summed E-state index contributed by atoms with van der Waals surface area (Å²) in [7, 11) is 1.94. The molecule has 0 unspecified atom stereocenters. The average Bonchev–Trinajstić information content (AvgIpc) is 2.58. The van der Waals surface area contributed by atoms with E-state index in [1.165, 1.54) is 10.2 Å². The minimum Gasteiger partial charge on any atom is -0.390 e. The summed E-state index contributed by atoms with van der Waals surface area (Å²) >= 11 is 0. The summed E-state index contributed by atoms with van der Waals surface area (Å²) in [6.45, 7) is 1.35. The van der Waals surface area contributed by atoms with Gasteiger partial charge in [-0.05, 0) is 24.7 Å². The Labute approximate surface area is 140 Å². The number of fused-ring (bicyclic) bond motifs is 1. The maximum Gasteiger partial charge on any atom is 0.276 e. The predicted octanol–water partition coefficient (Wildman–Crippen LogP) is 1.28. The van der Waals surface area contributed by atoms with Crippen molar-refractivity contribution in [3.05, 3.63) is 70.8 Å². The SMILES string of the molecule is CN(Cc1ccccc1)C[C@H](O)Cn1ncc2ncccc2c1=O. The van der Waals surface area contributed by atoms with Gasteiger partial charge in [-0.15, -0.1) is 0 Å². The number of likely N-dealkylation sites (N-methyl/N-ethyl adjacent to an activating group) is 1. The van der Waals surface area contributed by atoms with E-state index in [-0.39, 0.29) is 12.1 Å². The Balaban J connectivity index is 1.65. The largest absolute Gasteiger partial charge is 0.390 e. The second-order valence-corrected chi connectivity index (χ2v) is 5.90. The van der Waals surface area contributed by atoms with Crippen LogP contribution in [0.2, 0.25) is 0 Å². The fourth-order valence-corrected chi connectivity index (χ4v) is 2.72. The van der Waals surface area contributed by atoms with E-state index >= 15 is 0 Å². The summed E-state index contributed by atoms with van der Waals surface area (Å²) in [6.07, 6.45) is 2.50. The van der Waals surface area contributed by atoms with Crippen LogP contribution in [-0.4, -0.2) is 44.5 Å². The van der Waals surface area contributed by atoms with Gasteiger partial charge in [0.25, 0.3) is 5.56 Å². The van der Waals surface area contributed by atoms with Crippen molar-refractivity contribution in [2.24, 2.45) is 0 Å². The van der Waals surface area contributed by atoms with Crippen LogP contribution in [0.15, 0.2) is 59.7 Å². The third-order valence-electron chi connectivity index (χ3n) is 3.82. The highest BCUT2D eigenvalue weighted by molar-refractivity contribution is 5.75. The van der Waals surface area contributed by atoms with Crippen molar-refractivity contribution >= 4 is 10.9 Å². The molecule has 6 nitrogen and oxygen atoms in total. The highest BCUT2D eigenvalue weighted by atomic mass is 16.3. The number of nitrogens with zero attached hydrogens (tertiary/aromatic N) is 4. The van der Waals surface area contributed by atoms with Crippen molar-refractivity contribution in [3.8, 4) is 0 Å². The van der Waals surface area contributed by atoms with Gasteiger partial charge in [0.05, 0.1) is 29.7 Å². The van der Waals surface area contributed by atoms with Crippen molar-refractivity contribution in [2.45, 2.75) is 19.2 Å². The number of aromatic nitrogens is 3. The standard InChI is InChI=1S/C18H20N4O2/c1-21(11-14-6-3-2-4-7-14)12-15(23)13-22-18(24)16-8-5-9-19-17(16)10-20-22/h2-10,15,23H,11-13H2,1H3/t15-/m0/s1. The quantitative estimate of drug-likeness (QED) is 0.740. The second kappa shape index (κ2) is 7.33. The van der Waals surface area contributed by atoms with E-state index in [0.717, 1.165) is 6.54 Å². The van der Waals surface area contributed by atoms with Crippen LogP contribution in [0, 0.1) is 0 Å². The molecule has 6 heteroatoms. The van der Waals surface area contributed by atoms with E-state index in [1.54, 1.807) is 24.5 Å². The number of pyridine rings is 1. The fourth-order valence-electron chi connectivity index (χ4n) is 2.72. The zero-order valence-corrected chi connectivity index (χ0v) is 13.5. The van der Waals surface area contributed by atoms with Gasteiger partial charge in [-0.25, -0.2) is 4.68 Å². The molecule has 0 saturated carbocycles. The van der Waals surface area contributed by atoms with Crippen LogP contribution in [-0.2, 0) is 13.1 Å². The Bertz CT molecular complexity index is 864. The zero-order valence-electron chi connectivity index (χ0n) is 13.5. The molecule has 0 aliphatic carbocycles. The zero-order chi connectivity index (χ0) is 16.9. The molecule has 0 aliphatic heterocycles.